The highest BCUT2D eigenvalue weighted by Gasteiger charge is 2.21. The number of nitrogens with one attached hydrogen (secondary N) is 2. The summed E-state index contributed by atoms with van der Waals surface area (Å²) < 4.78 is 28.2. The third-order valence-corrected chi connectivity index (χ3v) is 6.46. The van der Waals surface area contributed by atoms with Gasteiger partial charge in [0.1, 0.15) is 4.90 Å². The van der Waals surface area contributed by atoms with Crippen LogP contribution in [0.2, 0.25) is 10.0 Å². The van der Waals surface area contributed by atoms with Crippen LogP contribution in [-0.4, -0.2) is 14.3 Å². The van der Waals surface area contributed by atoms with Crippen molar-refractivity contribution in [2.24, 2.45) is 0 Å². The molecule has 2 N–H and O–H groups in total. The Morgan fingerprint density at radius 3 is 2.14 bits per heavy atom. The van der Waals surface area contributed by atoms with Crippen LogP contribution in [-0.2, 0) is 10.0 Å². The molecule has 0 saturated heterocycles. The molecule has 150 valence electrons. The van der Waals surface area contributed by atoms with Crippen molar-refractivity contribution >= 4 is 50.5 Å². The molecular weight excluding hydrogens is 431 g/mol. The number of rotatable bonds is 5. The minimum atomic E-state index is -3.99. The maximum atomic E-state index is 12.8. The lowest BCUT2D eigenvalue weighted by molar-refractivity contribution is 0.102. The summed E-state index contributed by atoms with van der Waals surface area (Å²) in [5.41, 5.74) is 3.11. The van der Waals surface area contributed by atoms with E-state index in [2.05, 4.69) is 10.0 Å². The lowest BCUT2D eigenvalue weighted by atomic mass is 10.1. The molecule has 0 bridgehead atoms. The maximum Gasteiger partial charge on any atom is 0.263 e. The van der Waals surface area contributed by atoms with E-state index in [1.165, 1.54) is 18.2 Å². The van der Waals surface area contributed by atoms with Crippen molar-refractivity contribution in [3.8, 4) is 0 Å². The Morgan fingerprint density at radius 2 is 1.48 bits per heavy atom. The zero-order valence-corrected chi connectivity index (χ0v) is 18.0. The zero-order valence-electron chi connectivity index (χ0n) is 15.7. The average Bonchev–Trinajstić information content (AvgIpc) is 2.66. The second kappa shape index (κ2) is 8.45. The number of sulfonamides is 1. The number of amides is 1. The fourth-order valence-electron chi connectivity index (χ4n) is 2.60. The van der Waals surface area contributed by atoms with Crippen LogP contribution in [0.15, 0.2) is 65.6 Å². The molecule has 0 spiro atoms. The predicted octanol–water partition coefficient (Wildman–Crippen LogP) is 5.66. The minimum Gasteiger partial charge on any atom is -0.322 e. The molecule has 0 fully saturated rings. The van der Waals surface area contributed by atoms with Crippen LogP contribution in [0, 0.1) is 13.8 Å². The van der Waals surface area contributed by atoms with E-state index in [1.54, 1.807) is 36.4 Å². The molecule has 0 heterocycles. The normalized spacial score (nSPS) is 11.2. The molecule has 3 aromatic carbocycles. The average molecular weight is 449 g/mol. The van der Waals surface area contributed by atoms with Crippen molar-refractivity contribution in [2.45, 2.75) is 18.7 Å². The van der Waals surface area contributed by atoms with E-state index >= 15 is 0 Å². The third kappa shape index (κ3) is 5.09. The number of hydrogen-bond acceptors (Lipinski definition) is 3. The van der Waals surface area contributed by atoms with Crippen molar-refractivity contribution in [3.63, 3.8) is 0 Å². The predicted molar refractivity (Wildman–Crippen MR) is 118 cm³/mol. The van der Waals surface area contributed by atoms with E-state index in [0.29, 0.717) is 16.4 Å². The standard InChI is InChI=1S/C21H18Cl2N2O3S/c1-13-3-7-18(11-14(13)2)25-29(27,28)20-12-15(4-10-19(20)23)21(26)24-17-8-5-16(22)6-9-17/h3-12,25H,1-2H3,(H,24,26). The summed E-state index contributed by atoms with van der Waals surface area (Å²) in [5, 5.41) is 3.25. The highest BCUT2D eigenvalue weighted by molar-refractivity contribution is 7.92. The van der Waals surface area contributed by atoms with Gasteiger partial charge in [-0.25, -0.2) is 8.42 Å². The van der Waals surface area contributed by atoms with Crippen molar-refractivity contribution < 1.29 is 13.2 Å². The van der Waals surface area contributed by atoms with Gasteiger partial charge in [-0.05, 0) is 79.6 Å². The molecule has 0 unspecified atom stereocenters. The number of halogens is 2. The second-order valence-corrected chi connectivity index (χ2v) is 9.01. The molecule has 8 heteroatoms. The highest BCUT2D eigenvalue weighted by Crippen LogP contribution is 2.26. The fraction of sp³-hybridized carbons (Fsp3) is 0.0952. The molecule has 0 saturated carbocycles. The van der Waals surface area contributed by atoms with Crippen LogP contribution in [0.1, 0.15) is 21.5 Å². The second-order valence-electron chi connectivity index (χ2n) is 6.51. The summed E-state index contributed by atoms with van der Waals surface area (Å²) in [7, 11) is -3.99. The molecule has 0 radical (unpaired) electrons. The first-order valence-corrected chi connectivity index (χ1v) is 10.9. The number of carbonyl (C=O) groups excluding carboxylic acids is 1. The van der Waals surface area contributed by atoms with Crippen LogP contribution in [0.5, 0.6) is 0 Å². The van der Waals surface area contributed by atoms with E-state index < -0.39 is 15.9 Å². The van der Waals surface area contributed by atoms with Crippen LogP contribution in [0.25, 0.3) is 0 Å². The van der Waals surface area contributed by atoms with Gasteiger partial charge in [0.25, 0.3) is 15.9 Å². The summed E-state index contributed by atoms with van der Waals surface area (Å²) in [6.45, 7) is 3.83. The maximum absolute atomic E-state index is 12.8. The molecule has 0 atom stereocenters. The van der Waals surface area contributed by atoms with Gasteiger partial charge in [0.05, 0.1) is 5.02 Å². The van der Waals surface area contributed by atoms with E-state index in [9.17, 15) is 13.2 Å². The van der Waals surface area contributed by atoms with Crippen molar-refractivity contribution in [1.82, 2.24) is 0 Å². The van der Waals surface area contributed by atoms with Crippen molar-refractivity contribution in [3.05, 3.63) is 87.4 Å². The van der Waals surface area contributed by atoms with E-state index in [4.69, 9.17) is 23.2 Å². The Bertz CT molecular complexity index is 1180. The Morgan fingerprint density at radius 1 is 0.828 bits per heavy atom. The molecular formula is C21H18Cl2N2O3S. The molecule has 5 nitrogen and oxygen atoms in total. The number of benzene rings is 3. The first-order valence-electron chi connectivity index (χ1n) is 8.62. The van der Waals surface area contributed by atoms with Gasteiger partial charge in [-0.1, -0.05) is 29.3 Å². The van der Waals surface area contributed by atoms with Gasteiger partial charge in [0.15, 0.2) is 0 Å². The van der Waals surface area contributed by atoms with E-state index in [1.807, 2.05) is 19.9 Å². The highest BCUT2D eigenvalue weighted by atomic mass is 35.5. The summed E-state index contributed by atoms with van der Waals surface area (Å²) >= 11 is 12.0. The van der Waals surface area contributed by atoms with E-state index in [-0.39, 0.29) is 15.5 Å². The summed E-state index contributed by atoms with van der Waals surface area (Å²) in [6.07, 6.45) is 0. The molecule has 0 aliphatic heterocycles. The third-order valence-electron chi connectivity index (χ3n) is 4.34. The molecule has 3 rings (SSSR count). The largest absolute Gasteiger partial charge is 0.322 e. The molecule has 0 aliphatic rings. The SMILES string of the molecule is Cc1ccc(NS(=O)(=O)c2cc(C(=O)Nc3ccc(Cl)cc3)ccc2Cl)cc1C. The van der Waals surface area contributed by atoms with Gasteiger partial charge in [-0.2, -0.15) is 0 Å². The van der Waals surface area contributed by atoms with Gasteiger partial charge in [0.2, 0.25) is 0 Å². The van der Waals surface area contributed by atoms with Gasteiger partial charge in [-0.15, -0.1) is 0 Å². The Balaban J connectivity index is 1.88. The van der Waals surface area contributed by atoms with Crippen molar-refractivity contribution in [2.75, 3.05) is 10.0 Å². The Hall–Kier alpha value is -2.54. The number of hydrogen-bond donors (Lipinski definition) is 2. The lowest BCUT2D eigenvalue weighted by Gasteiger charge is -2.12. The monoisotopic (exact) mass is 448 g/mol. The topological polar surface area (TPSA) is 75.3 Å². The molecule has 3 aromatic rings. The van der Waals surface area contributed by atoms with Crippen LogP contribution >= 0.6 is 23.2 Å². The lowest BCUT2D eigenvalue weighted by Crippen LogP contribution is -2.16. The van der Waals surface area contributed by atoms with Gasteiger partial charge >= 0.3 is 0 Å². The van der Waals surface area contributed by atoms with E-state index in [0.717, 1.165) is 11.1 Å². The Labute approximate surface area is 179 Å². The van der Waals surface area contributed by atoms with Crippen LogP contribution in [0.3, 0.4) is 0 Å². The first kappa shape index (κ1) is 21.2. The smallest absolute Gasteiger partial charge is 0.263 e. The molecule has 0 aliphatic carbocycles. The fourth-order valence-corrected chi connectivity index (χ4v) is 4.30. The minimum absolute atomic E-state index is 0.0179. The number of anilines is 2. The summed E-state index contributed by atoms with van der Waals surface area (Å²) in [6, 6.07) is 15.9. The van der Waals surface area contributed by atoms with Crippen LogP contribution in [0.4, 0.5) is 11.4 Å². The Kier molecular flexibility index (Phi) is 6.17. The van der Waals surface area contributed by atoms with Crippen molar-refractivity contribution in [1.29, 1.82) is 0 Å². The summed E-state index contributed by atoms with van der Waals surface area (Å²) in [5.74, 6) is -0.466. The van der Waals surface area contributed by atoms with Gasteiger partial charge < -0.3 is 5.32 Å². The molecule has 0 aromatic heterocycles. The zero-order chi connectivity index (χ0) is 21.2. The first-order chi connectivity index (χ1) is 13.7. The number of carbonyl (C=O) groups is 1. The van der Waals surface area contributed by atoms with Gasteiger partial charge in [0, 0.05) is 22.0 Å². The van der Waals surface area contributed by atoms with Gasteiger partial charge in [-0.3, -0.25) is 9.52 Å². The molecule has 1 amide bonds. The van der Waals surface area contributed by atoms with Crippen LogP contribution < -0.4 is 10.0 Å². The number of aryl methyl sites for hydroxylation is 2. The molecule has 29 heavy (non-hydrogen) atoms. The quantitative estimate of drug-likeness (QED) is 0.528. The summed E-state index contributed by atoms with van der Waals surface area (Å²) in [4.78, 5) is 12.3.